The number of hydrogen-bond donors (Lipinski definition) is 1. The summed E-state index contributed by atoms with van der Waals surface area (Å²) in [6.45, 7) is 1.72. The standard InChI is InChI=1S/C17H17N5O4/c1-26-17(23)16-15(19)11(9-18)10-21(16)14-8-12(20-6-2-3-7-20)4-5-13(14)22(24)25/h4-5,8,10H,2-3,6-7,19H2,1H3. The summed E-state index contributed by atoms with van der Waals surface area (Å²) in [5, 5.41) is 20.7. The highest BCUT2D eigenvalue weighted by Gasteiger charge is 2.27. The molecule has 0 radical (unpaired) electrons. The Kier molecular flexibility index (Phi) is 4.49. The molecule has 0 spiro atoms. The van der Waals surface area contributed by atoms with Crippen molar-refractivity contribution in [1.82, 2.24) is 4.57 Å². The molecule has 1 aromatic carbocycles. The fourth-order valence-electron chi connectivity index (χ4n) is 3.14. The Labute approximate surface area is 149 Å². The van der Waals surface area contributed by atoms with Gasteiger partial charge in [0.2, 0.25) is 0 Å². The molecule has 1 aliphatic rings. The van der Waals surface area contributed by atoms with Crippen LogP contribution in [0.3, 0.4) is 0 Å². The van der Waals surface area contributed by atoms with Crippen LogP contribution in [0.25, 0.3) is 5.69 Å². The van der Waals surface area contributed by atoms with Crippen LogP contribution in [0.5, 0.6) is 0 Å². The molecule has 9 nitrogen and oxygen atoms in total. The summed E-state index contributed by atoms with van der Waals surface area (Å²) in [6.07, 6.45) is 3.42. The minimum atomic E-state index is -0.773. The zero-order chi connectivity index (χ0) is 18.8. The van der Waals surface area contributed by atoms with Gasteiger partial charge in [-0.25, -0.2) is 4.79 Å². The van der Waals surface area contributed by atoms with Crippen molar-refractivity contribution in [2.24, 2.45) is 0 Å². The zero-order valence-electron chi connectivity index (χ0n) is 14.1. The lowest BCUT2D eigenvalue weighted by Gasteiger charge is -2.19. The van der Waals surface area contributed by atoms with Crippen LogP contribution in [0.2, 0.25) is 0 Å². The number of benzene rings is 1. The molecule has 1 aliphatic heterocycles. The van der Waals surface area contributed by atoms with Crippen molar-refractivity contribution in [3.63, 3.8) is 0 Å². The van der Waals surface area contributed by atoms with Gasteiger partial charge in [0.25, 0.3) is 5.69 Å². The van der Waals surface area contributed by atoms with Gasteiger partial charge in [-0.3, -0.25) is 10.1 Å². The Balaban J connectivity index is 2.24. The number of ether oxygens (including phenoxy) is 1. The Morgan fingerprint density at radius 3 is 2.65 bits per heavy atom. The van der Waals surface area contributed by atoms with Gasteiger partial charge in [-0.1, -0.05) is 0 Å². The Morgan fingerprint density at radius 1 is 1.38 bits per heavy atom. The number of nitriles is 1. The molecule has 0 aliphatic carbocycles. The second-order valence-corrected chi connectivity index (χ2v) is 5.90. The maximum absolute atomic E-state index is 12.2. The summed E-state index contributed by atoms with van der Waals surface area (Å²) in [6, 6.07) is 6.60. The molecule has 134 valence electrons. The molecule has 0 bridgehead atoms. The molecule has 2 aromatic rings. The van der Waals surface area contributed by atoms with Gasteiger partial charge in [-0.15, -0.1) is 0 Å². The molecule has 0 amide bonds. The van der Waals surface area contributed by atoms with E-state index in [9.17, 15) is 20.2 Å². The number of rotatable bonds is 4. The Morgan fingerprint density at radius 2 is 2.08 bits per heavy atom. The molecule has 1 saturated heterocycles. The van der Waals surface area contributed by atoms with Crippen molar-refractivity contribution in [3.8, 4) is 11.8 Å². The number of hydrogen-bond acceptors (Lipinski definition) is 7. The third-order valence-electron chi connectivity index (χ3n) is 4.43. The number of aromatic nitrogens is 1. The number of carbonyl (C=O) groups is 1. The quantitative estimate of drug-likeness (QED) is 0.506. The van der Waals surface area contributed by atoms with E-state index in [2.05, 4.69) is 4.90 Å². The average Bonchev–Trinajstić information content (AvgIpc) is 3.28. The molecule has 0 saturated carbocycles. The number of methoxy groups -OCH3 is 1. The van der Waals surface area contributed by atoms with Crippen molar-refractivity contribution in [2.75, 3.05) is 30.8 Å². The number of nitro benzene ring substituents is 1. The number of esters is 1. The summed E-state index contributed by atoms with van der Waals surface area (Å²) in [7, 11) is 1.18. The second kappa shape index (κ2) is 6.76. The maximum atomic E-state index is 12.2. The summed E-state index contributed by atoms with van der Waals surface area (Å²) in [5.74, 6) is -0.773. The summed E-state index contributed by atoms with van der Waals surface area (Å²) >= 11 is 0. The number of nitrogen functional groups attached to an aromatic ring is 1. The van der Waals surface area contributed by atoms with Gasteiger partial charge in [-0.05, 0) is 25.0 Å². The first-order valence-corrected chi connectivity index (χ1v) is 8.01. The van der Waals surface area contributed by atoms with E-state index >= 15 is 0 Å². The van der Waals surface area contributed by atoms with E-state index in [4.69, 9.17) is 10.5 Å². The van der Waals surface area contributed by atoms with Gasteiger partial charge in [0.05, 0.1) is 23.3 Å². The number of nitrogens with zero attached hydrogens (tertiary/aromatic N) is 4. The number of nitrogens with two attached hydrogens (primary N) is 1. The maximum Gasteiger partial charge on any atom is 0.357 e. The van der Waals surface area contributed by atoms with Crippen molar-refractivity contribution in [3.05, 3.63) is 45.8 Å². The molecule has 2 heterocycles. The predicted molar refractivity (Wildman–Crippen MR) is 94.3 cm³/mol. The van der Waals surface area contributed by atoms with Crippen molar-refractivity contribution < 1.29 is 14.5 Å². The van der Waals surface area contributed by atoms with Gasteiger partial charge < -0.3 is 19.9 Å². The van der Waals surface area contributed by atoms with Crippen LogP contribution in [0.1, 0.15) is 28.9 Å². The van der Waals surface area contributed by atoms with Crippen molar-refractivity contribution >= 4 is 23.0 Å². The number of anilines is 2. The van der Waals surface area contributed by atoms with Crippen LogP contribution in [0.15, 0.2) is 24.4 Å². The minimum Gasteiger partial charge on any atom is -0.464 e. The first-order chi connectivity index (χ1) is 12.5. The van der Waals surface area contributed by atoms with Gasteiger partial charge in [0, 0.05) is 31.0 Å². The Bertz CT molecular complexity index is 922. The van der Waals surface area contributed by atoms with Crippen LogP contribution < -0.4 is 10.6 Å². The molecule has 3 rings (SSSR count). The van der Waals surface area contributed by atoms with Gasteiger partial charge in [0.1, 0.15) is 11.8 Å². The van der Waals surface area contributed by atoms with Gasteiger partial charge >= 0.3 is 5.97 Å². The Hall–Kier alpha value is -3.54. The van der Waals surface area contributed by atoms with Crippen molar-refractivity contribution in [1.29, 1.82) is 5.26 Å². The monoisotopic (exact) mass is 355 g/mol. The first kappa shape index (κ1) is 17.3. The van der Waals surface area contributed by atoms with E-state index in [1.165, 1.54) is 23.9 Å². The molecular formula is C17H17N5O4. The topological polar surface area (TPSA) is 127 Å². The van der Waals surface area contributed by atoms with E-state index in [0.717, 1.165) is 31.6 Å². The molecule has 1 aromatic heterocycles. The smallest absolute Gasteiger partial charge is 0.357 e. The molecule has 0 atom stereocenters. The second-order valence-electron chi connectivity index (χ2n) is 5.90. The first-order valence-electron chi connectivity index (χ1n) is 8.01. The largest absolute Gasteiger partial charge is 0.464 e. The highest BCUT2D eigenvalue weighted by atomic mass is 16.6. The van der Waals surface area contributed by atoms with Crippen LogP contribution in [-0.2, 0) is 4.74 Å². The lowest BCUT2D eigenvalue weighted by Crippen LogP contribution is -2.18. The molecule has 0 unspecified atom stereocenters. The number of nitro groups is 1. The number of carbonyl (C=O) groups excluding carboxylic acids is 1. The fourth-order valence-corrected chi connectivity index (χ4v) is 3.14. The normalized spacial score (nSPS) is 13.5. The van der Waals surface area contributed by atoms with Crippen LogP contribution >= 0.6 is 0 Å². The van der Waals surface area contributed by atoms with E-state index < -0.39 is 10.9 Å². The van der Waals surface area contributed by atoms with E-state index in [-0.39, 0.29) is 28.3 Å². The molecule has 1 fully saturated rings. The van der Waals surface area contributed by atoms with E-state index in [1.54, 1.807) is 12.1 Å². The summed E-state index contributed by atoms with van der Waals surface area (Å²) in [4.78, 5) is 25.3. The van der Waals surface area contributed by atoms with Crippen LogP contribution in [0, 0.1) is 21.4 Å². The average molecular weight is 355 g/mol. The fraction of sp³-hybridized carbons (Fsp3) is 0.294. The van der Waals surface area contributed by atoms with Gasteiger partial charge in [-0.2, -0.15) is 5.26 Å². The molecule has 2 N–H and O–H groups in total. The molecular weight excluding hydrogens is 338 g/mol. The highest BCUT2D eigenvalue weighted by molar-refractivity contribution is 5.96. The van der Waals surface area contributed by atoms with Crippen LogP contribution in [0.4, 0.5) is 17.1 Å². The minimum absolute atomic E-state index is 0.0475. The van der Waals surface area contributed by atoms with Crippen molar-refractivity contribution in [2.45, 2.75) is 12.8 Å². The summed E-state index contributed by atoms with van der Waals surface area (Å²) < 4.78 is 6.00. The lowest BCUT2D eigenvalue weighted by molar-refractivity contribution is -0.384. The lowest BCUT2D eigenvalue weighted by atomic mass is 10.2. The van der Waals surface area contributed by atoms with E-state index in [1.807, 2.05) is 6.07 Å². The molecule has 9 heteroatoms. The van der Waals surface area contributed by atoms with E-state index in [0.29, 0.717) is 0 Å². The predicted octanol–water partition coefficient (Wildman–Crippen LogP) is 2.23. The third-order valence-corrected chi connectivity index (χ3v) is 4.43. The third kappa shape index (κ3) is 2.82. The van der Waals surface area contributed by atoms with Gasteiger partial charge in [0.15, 0.2) is 5.69 Å². The molecule has 26 heavy (non-hydrogen) atoms. The highest BCUT2D eigenvalue weighted by Crippen LogP contribution is 2.33. The van der Waals surface area contributed by atoms with Crippen LogP contribution in [-0.4, -0.2) is 35.7 Å². The zero-order valence-corrected chi connectivity index (χ0v) is 14.1. The summed E-state index contributed by atoms with van der Waals surface area (Å²) in [5.41, 5.74) is 6.54. The SMILES string of the molecule is COC(=O)c1c(N)c(C#N)cn1-c1cc(N2CCCC2)ccc1[N+](=O)[O-].